The van der Waals surface area contributed by atoms with E-state index in [1.54, 1.807) is 24.3 Å². The molecule has 156 valence electrons. The van der Waals surface area contributed by atoms with Crippen molar-refractivity contribution in [2.75, 3.05) is 5.32 Å². The lowest BCUT2D eigenvalue weighted by molar-refractivity contribution is -0.138. The molecule has 0 aliphatic rings. The molecule has 0 unspecified atom stereocenters. The van der Waals surface area contributed by atoms with Crippen LogP contribution in [0.2, 0.25) is 0 Å². The molecule has 1 aromatic heterocycles. The smallest absolute Gasteiger partial charge is 0.416 e. The first-order valence-electron chi connectivity index (χ1n) is 8.67. The Morgan fingerprint density at radius 1 is 1.17 bits per heavy atom. The Labute approximate surface area is 177 Å². The Hall–Kier alpha value is -3.14. The highest BCUT2D eigenvalue weighted by molar-refractivity contribution is 9.10. The lowest BCUT2D eigenvalue weighted by Gasteiger charge is -2.12. The molecule has 3 aromatic rings. The molecule has 0 bridgehead atoms. The van der Waals surface area contributed by atoms with Crippen molar-refractivity contribution in [2.24, 2.45) is 0 Å². The molecule has 2 N–H and O–H groups in total. The Bertz CT molecular complexity index is 1130. The average Bonchev–Trinajstić information content (AvgIpc) is 2.69. The van der Waals surface area contributed by atoms with E-state index in [2.05, 4.69) is 26.2 Å². The highest BCUT2D eigenvalue weighted by Crippen LogP contribution is 2.34. The number of carbonyl (C=O) groups is 1. The van der Waals surface area contributed by atoms with Gasteiger partial charge in [-0.15, -0.1) is 0 Å². The lowest BCUT2D eigenvalue weighted by atomic mass is 10.1. The fourth-order valence-electron chi connectivity index (χ4n) is 2.70. The van der Waals surface area contributed by atoms with Gasteiger partial charge in [0.2, 0.25) is 0 Å². The number of aromatic nitrogens is 2. The Morgan fingerprint density at radius 3 is 2.47 bits per heavy atom. The number of carboxylic acids is 1. The van der Waals surface area contributed by atoms with Crippen LogP contribution in [0.15, 0.2) is 64.1 Å². The van der Waals surface area contributed by atoms with Crippen LogP contribution >= 0.6 is 15.9 Å². The summed E-state index contributed by atoms with van der Waals surface area (Å²) in [6.45, 7) is 0. The molecule has 0 aliphatic carbocycles. The molecule has 0 fully saturated rings. The van der Waals surface area contributed by atoms with E-state index in [0.29, 0.717) is 12.1 Å². The number of anilines is 2. The van der Waals surface area contributed by atoms with Crippen LogP contribution in [-0.2, 0) is 17.4 Å². The summed E-state index contributed by atoms with van der Waals surface area (Å²) in [5.74, 6) is -0.956. The van der Waals surface area contributed by atoms with Gasteiger partial charge in [0.15, 0.2) is 5.82 Å². The van der Waals surface area contributed by atoms with Gasteiger partial charge < -0.3 is 10.4 Å². The minimum atomic E-state index is -4.48. The van der Waals surface area contributed by atoms with Crippen LogP contribution in [0.3, 0.4) is 0 Å². The Morgan fingerprint density at radius 2 is 1.87 bits per heavy atom. The number of aliphatic carboxylic acids is 1. The van der Waals surface area contributed by atoms with Gasteiger partial charge in [-0.05, 0) is 58.2 Å². The van der Waals surface area contributed by atoms with E-state index in [4.69, 9.17) is 5.11 Å². The number of nitrogens with one attached hydrogen (secondary N) is 1. The number of halogens is 4. The van der Waals surface area contributed by atoms with Gasteiger partial charge in [-0.3, -0.25) is 14.2 Å². The molecule has 0 saturated heterocycles. The van der Waals surface area contributed by atoms with Gasteiger partial charge in [0.05, 0.1) is 11.3 Å². The Balaban J connectivity index is 1.85. The number of carboxylic acid groups (broad SMARTS) is 1. The molecule has 0 aliphatic heterocycles. The maximum absolute atomic E-state index is 12.8. The predicted octanol–water partition coefficient (Wildman–Crippen LogP) is 4.77. The molecule has 2 aromatic carbocycles. The normalized spacial score (nSPS) is 11.3. The number of nitrogens with zero attached hydrogens (tertiary/aromatic N) is 2. The fourth-order valence-corrected chi connectivity index (χ4v) is 3.17. The van der Waals surface area contributed by atoms with Crippen molar-refractivity contribution >= 4 is 33.4 Å². The fraction of sp³-hybridized carbons (Fsp3) is 0.150. The second kappa shape index (κ2) is 8.70. The van der Waals surface area contributed by atoms with Gasteiger partial charge in [0.1, 0.15) is 0 Å². The van der Waals surface area contributed by atoms with Gasteiger partial charge in [-0.1, -0.05) is 12.1 Å². The zero-order chi connectivity index (χ0) is 21.9. The number of benzene rings is 2. The molecule has 0 amide bonds. The molecule has 0 spiro atoms. The molecule has 3 rings (SSSR count). The summed E-state index contributed by atoms with van der Waals surface area (Å²) in [5, 5.41) is 11.5. The van der Waals surface area contributed by atoms with Gasteiger partial charge >= 0.3 is 12.1 Å². The second-order valence-corrected chi connectivity index (χ2v) is 7.18. The topological polar surface area (TPSA) is 84.2 Å². The van der Waals surface area contributed by atoms with Crippen molar-refractivity contribution in [2.45, 2.75) is 19.0 Å². The van der Waals surface area contributed by atoms with Crippen molar-refractivity contribution in [3.63, 3.8) is 0 Å². The zero-order valence-electron chi connectivity index (χ0n) is 15.3. The number of hydrogen-bond acceptors (Lipinski definition) is 4. The lowest BCUT2D eigenvalue weighted by Crippen LogP contribution is -2.22. The van der Waals surface area contributed by atoms with E-state index in [1.807, 2.05) is 0 Å². The van der Waals surface area contributed by atoms with E-state index in [-0.39, 0.29) is 22.4 Å². The van der Waals surface area contributed by atoms with Crippen LogP contribution in [0.1, 0.15) is 17.5 Å². The van der Waals surface area contributed by atoms with Gasteiger partial charge in [-0.25, -0.2) is 4.98 Å². The Kier molecular flexibility index (Phi) is 6.25. The highest BCUT2D eigenvalue weighted by atomic mass is 79.9. The molecular weight excluding hydrogens is 467 g/mol. The molecule has 6 nitrogen and oxygen atoms in total. The second-order valence-electron chi connectivity index (χ2n) is 6.33. The van der Waals surface area contributed by atoms with E-state index in [0.717, 1.165) is 17.7 Å². The van der Waals surface area contributed by atoms with Crippen LogP contribution in [0, 0.1) is 0 Å². The third-order valence-electron chi connectivity index (χ3n) is 4.23. The average molecular weight is 482 g/mol. The summed E-state index contributed by atoms with van der Waals surface area (Å²) in [6, 6.07) is 9.84. The molecular formula is C20H15BrF3N3O3. The van der Waals surface area contributed by atoms with Crippen molar-refractivity contribution in [3.05, 3.63) is 80.8 Å². The molecule has 0 radical (unpaired) electrons. The monoisotopic (exact) mass is 481 g/mol. The molecule has 10 heteroatoms. The third kappa shape index (κ3) is 5.07. The summed E-state index contributed by atoms with van der Waals surface area (Å²) in [7, 11) is 0. The van der Waals surface area contributed by atoms with Crippen LogP contribution in [0.25, 0.3) is 5.69 Å². The van der Waals surface area contributed by atoms with E-state index < -0.39 is 23.3 Å². The first-order chi connectivity index (χ1) is 14.1. The number of rotatable bonds is 6. The van der Waals surface area contributed by atoms with E-state index in [1.165, 1.54) is 23.0 Å². The summed E-state index contributed by atoms with van der Waals surface area (Å²) in [4.78, 5) is 27.4. The maximum atomic E-state index is 12.8. The minimum Gasteiger partial charge on any atom is -0.481 e. The van der Waals surface area contributed by atoms with Crippen LogP contribution in [-0.4, -0.2) is 20.6 Å². The standard InChI is InChI=1S/C20H15BrF3N3O3/c21-15-11-13(20(22,23)24)4-7-16(15)26-18-19(30)27(10-9-25-18)14-5-1-12(2-6-14)3-8-17(28)29/h1-2,4-7,9-11H,3,8H2,(H,25,26)(H,28,29). The van der Waals surface area contributed by atoms with Crippen molar-refractivity contribution in [3.8, 4) is 5.69 Å². The van der Waals surface area contributed by atoms with Crippen LogP contribution < -0.4 is 10.9 Å². The highest BCUT2D eigenvalue weighted by Gasteiger charge is 2.30. The summed E-state index contributed by atoms with van der Waals surface area (Å²) < 4.78 is 39.9. The summed E-state index contributed by atoms with van der Waals surface area (Å²) >= 11 is 3.08. The quantitative estimate of drug-likeness (QED) is 0.529. The van der Waals surface area contributed by atoms with Crippen LogP contribution in [0.5, 0.6) is 0 Å². The van der Waals surface area contributed by atoms with Gasteiger partial charge in [-0.2, -0.15) is 13.2 Å². The largest absolute Gasteiger partial charge is 0.481 e. The van der Waals surface area contributed by atoms with Crippen molar-refractivity contribution < 1.29 is 23.1 Å². The molecule has 0 saturated carbocycles. The minimum absolute atomic E-state index is 0.00459. The van der Waals surface area contributed by atoms with Crippen LogP contribution in [0.4, 0.5) is 24.7 Å². The van der Waals surface area contributed by atoms with Gasteiger partial charge in [0, 0.05) is 29.0 Å². The zero-order valence-corrected chi connectivity index (χ0v) is 16.9. The van der Waals surface area contributed by atoms with E-state index >= 15 is 0 Å². The molecule has 1 heterocycles. The van der Waals surface area contributed by atoms with Crippen molar-refractivity contribution in [1.82, 2.24) is 9.55 Å². The number of hydrogen-bond donors (Lipinski definition) is 2. The number of aryl methyl sites for hydroxylation is 1. The van der Waals surface area contributed by atoms with Crippen molar-refractivity contribution in [1.29, 1.82) is 0 Å². The first-order valence-corrected chi connectivity index (χ1v) is 9.47. The van der Waals surface area contributed by atoms with Gasteiger partial charge in [0.25, 0.3) is 5.56 Å². The SMILES string of the molecule is O=C(O)CCc1ccc(-n2ccnc(Nc3ccc(C(F)(F)F)cc3Br)c2=O)cc1. The molecule has 0 atom stereocenters. The number of alkyl halides is 3. The molecule has 30 heavy (non-hydrogen) atoms. The maximum Gasteiger partial charge on any atom is 0.416 e. The summed E-state index contributed by atoms with van der Waals surface area (Å²) in [5.41, 5.74) is 0.296. The third-order valence-corrected chi connectivity index (χ3v) is 4.89. The predicted molar refractivity (Wildman–Crippen MR) is 108 cm³/mol. The summed E-state index contributed by atoms with van der Waals surface area (Å²) in [6.07, 6.45) is -1.25. The van der Waals surface area contributed by atoms with E-state index in [9.17, 15) is 22.8 Å². The first kappa shape index (κ1) is 21.6.